The summed E-state index contributed by atoms with van der Waals surface area (Å²) >= 11 is 0. The lowest BCUT2D eigenvalue weighted by Gasteiger charge is -2.10. The van der Waals surface area contributed by atoms with Crippen molar-refractivity contribution >= 4 is 11.6 Å². The van der Waals surface area contributed by atoms with E-state index in [1.54, 1.807) is 25.1 Å². The van der Waals surface area contributed by atoms with Gasteiger partial charge in [0.05, 0.1) is 25.0 Å². The van der Waals surface area contributed by atoms with Crippen LogP contribution in [0.5, 0.6) is 11.5 Å². The minimum Gasteiger partial charge on any atom is -0.490 e. The van der Waals surface area contributed by atoms with Gasteiger partial charge in [-0.05, 0) is 19.1 Å². The lowest BCUT2D eigenvalue weighted by atomic mass is 10.2. The molecule has 2 N–H and O–H groups in total. The van der Waals surface area contributed by atoms with Gasteiger partial charge in [-0.3, -0.25) is 9.89 Å². The average molecular weight is 273 g/mol. The third kappa shape index (κ3) is 2.45. The summed E-state index contributed by atoms with van der Waals surface area (Å²) < 4.78 is 11.1. The molecule has 2 aromatic rings. The van der Waals surface area contributed by atoms with Crippen molar-refractivity contribution in [3.63, 3.8) is 0 Å². The maximum absolute atomic E-state index is 12.1. The number of nitrogens with one attached hydrogen (secondary N) is 2. The van der Waals surface area contributed by atoms with Crippen LogP contribution >= 0.6 is 0 Å². The Labute approximate surface area is 116 Å². The van der Waals surface area contributed by atoms with Gasteiger partial charge in [0, 0.05) is 23.9 Å². The first-order valence-corrected chi connectivity index (χ1v) is 6.45. The number of ether oxygens (including phenoxy) is 2. The first-order chi connectivity index (χ1) is 9.74. The smallest absolute Gasteiger partial charge is 0.259 e. The van der Waals surface area contributed by atoms with Crippen molar-refractivity contribution in [2.24, 2.45) is 0 Å². The topological polar surface area (TPSA) is 76.2 Å². The third-order valence-corrected chi connectivity index (χ3v) is 3.08. The highest BCUT2D eigenvalue weighted by molar-refractivity contribution is 6.04. The second kappa shape index (κ2) is 5.24. The van der Waals surface area contributed by atoms with E-state index in [1.165, 1.54) is 6.20 Å². The standard InChI is InChI=1S/C14H15N3O3/c1-9-11(8-15-17-9)14(18)16-10-3-4-12-13(7-10)20-6-2-5-19-12/h3-4,7-8H,2,5-6H2,1H3,(H,15,17)(H,16,18). The Morgan fingerprint density at radius 2 is 2.10 bits per heavy atom. The normalized spacial score (nSPS) is 13.7. The molecule has 0 radical (unpaired) electrons. The van der Waals surface area contributed by atoms with Crippen LogP contribution in [-0.2, 0) is 0 Å². The van der Waals surface area contributed by atoms with Crippen LogP contribution in [-0.4, -0.2) is 29.3 Å². The fraction of sp³-hybridized carbons (Fsp3) is 0.286. The summed E-state index contributed by atoms with van der Waals surface area (Å²) in [7, 11) is 0. The predicted octanol–water partition coefficient (Wildman–Crippen LogP) is 2.13. The Balaban J connectivity index is 1.80. The number of benzene rings is 1. The van der Waals surface area contributed by atoms with E-state index in [0.717, 1.165) is 12.1 Å². The molecule has 2 heterocycles. The molecule has 0 bridgehead atoms. The number of H-pyrrole nitrogens is 1. The van der Waals surface area contributed by atoms with Gasteiger partial charge in [0.25, 0.3) is 5.91 Å². The number of carbonyl (C=O) groups is 1. The molecule has 1 aliphatic heterocycles. The van der Waals surface area contributed by atoms with Gasteiger partial charge in [-0.15, -0.1) is 0 Å². The molecular weight excluding hydrogens is 258 g/mol. The molecule has 1 aromatic carbocycles. The molecule has 0 saturated heterocycles. The van der Waals surface area contributed by atoms with E-state index in [-0.39, 0.29) is 5.91 Å². The highest BCUT2D eigenvalue weighted by atomic mass is 16.5. The fourth-order valence-corrected chi connectivity index (χ4v) is 2.02. The van der Waals surface area contributed by atoms with Crippen molar-refractivity contribution < 1.29 is 14.3 Å². The molecule has 0 atom stereocenters. The van der Waals surface area contributed by atoms with E-state index in [1.807, 2.05) is 0 Å². The number of hydrogen-bond acceptors (Lipinski definition) is 4. The minimum atomic E-state index is -0.203. The molecule has 0 aliphatic carbocycles. The first-order valence-electron chi connectivity index (χ1n) is 6.45. The van der Waals surface area contributed by atoms with Crippen molar-refractivity contribution in [3.8, 4) is 11.5 Å². The second-order valence-electron chi connectivity index (χ2n) is 4.57. The molecule has 104 valence electrons. The number of hydrogen-bond donors (Lipinski definition) is 2. The van der Waals surface area contributed by atoms with Gasteiger partial charge < -0.3 is 14.8 Å². The van der Waals surface area contributed by atoms with Crippen molar-refractivity contribution in [1.82, 2.24) is 10.2 Å². The van der Waals surface area contributed by atoms with Crippen molar-refractivity contribution in [3.05, 3.63) is 35.7 Å². The molecule has 6 heteroatoms. The zero-order valence-electron chi connectivity index (χ0n) is 11.1. The number of rotatable bonds is 2. The maximum atomic E-state index is 12.1. The zero-order chi connectivity index (χ0) is 13.9. The second-order valence-corrected chi connectivity index (χ2v) is 4.57. The van der Waals surface area contributed by atoms with Crippen LogP contribution < -0.4 is 14.8 Å². The van der Waals surface area contributed by atoms with Gasteiger partial charge in [0.2, 0.25) is 0 Å². The SMILES string of the molecule is Cc1[nH]ncc1C(=O)Nc1ccc2c(c1)OCCCO2. The summed E-state index contributed by atoms with van der Waals surface area (Å²) in [6, 6.07) is 5.37. The number of aryl methyl sites for hydroxylation is 1. The highest BCUT2D eigenvalue weighted by Crippen LogP contribution is 2.32. The van der Waals surface area contributed by atoms with E-state index in [2.05, 4.69) is 15.5 Å². The van der Waals surface area contributed by atoms with E-state index >= 15 is 0 Å². The van der Waals surface area contributed by atoms with Crippen LogP contribution in [0, 0.1) is 6.92 Å². The molecule has 1 amide bonds. The van der Waals surface area contributed by atoms with Crippen LogP contribution in [0.2, 0.25) is 0 Å². The molecule has 0 saturated carbocycles. The monoisotopic (exact) mass is 273 g/mol. The Bertz CT molecular complexity index is 636. The zero-order valence-corrected chi connectivity index (χ0v) is 11.1. The summed E-state index contributed by atoms with van der Waals surface area (Å²) in [5, 5.41) is 9.40. The van der Waals surface area contributed by atoms with E-state index in [9.17, 15) is 4.79 Å². The largest absolute Gasteiger partial charge is 0.490 e. The summed E-state index contributed by atoms with van der Waals surface area (Å²) in [4.78, 5) is 12.1. The summed E-state index contributed by atoms with van der Waals surface area (Å²) in [5.74, 6) is 1.16. The Morgan fingerprint density at radius 1 is 1.30 bits per heavy atom. The molecule has 6 nitrogen and oxygen atoms in total. The summed E-state index contributed by atoms with van der Waals surface area (Å²) in [6.07, 6.45) is 2.36. The van der Waals surface area contributed by atoms with Crippen molar-refractivity contribution in [2.75, 3.05) is 18.5 Å². The molecular formula is C14H15N3O3. The number of amides is 1. The molecule has 1 aromatic heterocycles. The highest BCUT2D eigenvalue weighted by Gasteiger charge is 2.14. The maximum Gasteiger partial charge on any atom is 0.259 e. The molecule has 1 aliphatic rings. The number of aromatic amines is 1. The number of nitrogens with zero attached hydrogens (tertiary/aromatic N) is 1. The third-order valence-electron chi connectivity index (χ3n) is 3.08. The Morgan fingerprint density at radius 3 is 2.85 bits per heavy atom. The van der Waals surface area contributed by atoms with Crippen molar-refractivity contribution in [1.29, 1.82) is 0 Å². The number of anilines is 1. The van der Waals surface area contributed by atoms with Crippen LogP contribution in [0.15, 0.2) is 24.4 Å². The van der Waals surface area contributed by atoms with Gasteiger partial charge in [-0.25, -0.2) is 0 Å². The van der Waals surface area contributed by atoms with Gasteiger partial charge in [0.15, 0.2) is 11.5 Å². The number of aromatic nitrogens is 2. The lowest BCUT2D eigenvalue weighted by molar-refractivity contribution is 0.102. The Kier molecular flexibility index (Phi) is 3.28. The quantitative estimate of drug-likeness (QED) is 0.878. The molecule has 0 unspecified atom stereocenters. The molecule has 0 spiro atoms. The average Bonchev–Trinajstić information content (AvgIpc) is 2.73. The van der Waals surface area contributed by atoms with Crippen molar-refractivity contribution in [2.45, 2.75) is 13.3 Å². The molecule has 20 heavy (non-hydrogen) atoms. The van der Waals surface area contributed by atoms with Crippen LogP contribution in [0.1, 0.15) is 22.5 Å². The minimum absolute atomic E-state index is 0.203. The first kappa shape index (κ1) is 12.5. The number of fused-ring (bicyclic) bond motifs is 1. The number of carbonyl (C=O) groups excluding carboxylic acids is 1. The Hall–Kier alpha value is -2.50. The van der Waals surface area contributed by atoms with E-state index < -0.39 is 0 Å². The fourth-order valence-electron chi connectivity index (χ4n) is 2.02. The van der Waals surface area contributed by atoms with Crippen LogP contribution in [0.25, 0.3) is 0 Å². The summed E-state index contributed by atoms with van der Waals surface area (Å²) in [6.45, 7) is 3.06. The van der Waals surface area contributed by atoms with E-state index in [4.69, 9.17) is 9.47 Å². The van der Waals surface area contributed by atoms with Crippen LogP contribution in [0.4, 0.5) is 5.69 Å². The van der Waals surface area contributed by atoms with E-state index in [0.29, 0.717) is 36.0 Å². The molecule has 3 rings (SSSR count). The van der Waals surface area contributed by atoms with Gasteiger partial charge >= 0.3 is 0 Å². The van der Waals surface area contributed by atoms with Gasteiger partial charge in [-0.2, -0.15) is 5.10 Å². The van der Waals surface area contributed by atoms with Gasteiger partial charge in [0.1, 0.15) is 0 Å². The lowest BCUT2D eigenvalue weighted by Crippen LogP contribution is -2.12. The van der Waals surface area contributed by atoms with Gasteiger partial charge in [-0.1, -0.05) is 0 Å². The van der Waals surface area contributed by atoms with Crippen LogP contribution in [0.3, 0.4) is 0 Å². The summed E-state index contributed by atoms with van der Waals surface area (Å²) in [5.41, 5.74) is 1.92. The molecule has 0 fully saturated rings. The predicted molar refractivity (Wildman–Crippen MR) is 73.3 cm³/mol.